The predicted molar refractivity (Wildman–Crippen MR) is 140 cm³/mol. The molecule has 0 atom stereocenters. The number of aryl methyl sites for hydroxylation is 2. The molecule has 37 heavy (non-hydrogen) atoms. The number of fused-ring (bicyclic) bond motifs is 1. The van der Waals surface area contributed by atoms with E-state index in [0.717, 1.165) is 16.8 Å². The third-order valence-corrected chi connectivity index (χ3v) is 5.80. The Morgan fingerprint density at radius 3 is 2.59 bits per heavy atom. The van der Waals surface area contributed by atoms with Gasteiger partial charge in [0.15, 0.2) is 0 Å². The van der Waals surface area contributed by atoms with E-state index in [4.69, 9.17) is 9.26 Å². The molecular formula is C28H25N5O4. The zero-order valence-corrected chi connectivity index (χ0v) is 20.7. The van der Waals surface area contributed by atoms with Crippen LogP contribution in [-0.4, -0.2) is 32.2 Å². The van der Waals surface area contributed by atoms with Crippen LogP contribution in [0.1, 0.15) is 18.2 Å². The second-order valence-corrected chi connectivity index (χ2v) is 8.59. The summed E-state index contributed by atoms with van der Waals surface area (Å²) in [5, 5.41) is 7.29. The third-order valence-electron chi connectivity index (χ3n) is 5.80. The van der Waals surface area contributed by atoms with Gasteiger partial charge in [0.05, 0.1) is 17.7 Å². The van der Waals surface area contributed by atoms with Crippen LogP contribution in [0, 0.1) is 13.8 Å². The van der Waals surface area contributed by atoms with Crippen molar-refractivity contribution in [3.05, 3.63) is 88.3 Å². The summed E-state index contributed by atoms with van der Waals surface area (Å²) >= 11 is 0. The van der Waals surface area contributed by atoms with Crippen LogP contribution in [0.2, 0.25) is 0 Å². The van der Waals surface area contributed by atoms with Crippen LogP contribution in [0.5, 0.6) is 5.75 Å². The van der Waals surface area contributed by atoms with E-state index < -0.39 is 0 Å². The van der Waals surface area contributed by atoms with Crippen molar-refractivity contribution < 1.29 is 14.1 Å². The molecule has 0 aliphatic heterocycles. The van der Waals surface area contributed by atoms with Crippen molar-refractivity contribution >= 4 is 22.6 Å². The van der Waals surface area contributed by atoms with Gasteiger partial charge in [-0.1, -0.05) is 47.1 Å². The summed E-state index contributed by atoms with van der Waals surface area (Å²) in [4.78, 5) is 35.4. The molecule has 2 aromatic carbocycles. The fourth-order valence-corrected chi connectivity index (χ4v) is 3.98. The fourth-order valence-electron chi connectivity index (χ4n) is 3.98. The number of carbonyl (C=O) groups excluding carboxylic acids is 1. The Balaban J connectivity index is 1.53. The van der Waals surface area contributed by atoms with E-state index in [1.165, 1.54) is 6.20 Å². The first-order valence-electron chi connectivity index (χ1n) is 11.9. The maximum absolute atomic E-state index is 13.4. The van der Waals surface area contributed by atoms with Gasteiger partial charge in [-0.3, -0.25) is 9.59 Å². The summed E-state index contributed by atoms with van der Waals surface area (Å²) < 4.78 is 12.7. The number of hydrogen-bond acceptors (Lipinski definition) is 7. The van der Waals surface area contributed by atoms with E-state index >= 15 is 0 Å². The van der Waals surface area contributed by atoms with Gasteiger partial charge in [0.1, 0.15) is 23.5 Å². The van der Waals surface area contributed by atoms with Gasteiger partial charge in [0.25, 0.3) is 5.89 Å². The SMILES string of the molecule is CCOc1ccccc1NC(=O)Cn1cc(-c2nc(-c3ccc(C)cc3)no2)c(=O)c2ccc(C)nc21. The van der Waals surface area contributed by atoms with Gasteiger partial charge in [-0.2, -0.15) is 4.98 Å². The van der Waals surface area contributed by atoms with E-state index in [-0.39, 0.29) is 29.3 Å². The van der Waals surface area contributed by atoms with Gasteiger partial charge in [0, 0.05) is 17.5 Å². The summed E-state index contributed by atoms with van der Waals surface area (Å²) in [5.41, 5.74) is 3.42. The summed E-state index contributed by atoms with van der Waals surface area (Å²) in [5.74, 6) is 0.705. The smallest absolute Gasteiger partial charge is 0.263 e. The van der Waals surface area contributed by atoms with Crippen molar-refractivity contribution in [1.82, 2.24) is 19.7 Å². The molecule has 0 saturated carbocycles. The van der Waals surface area contributed by atoms with E-state index in [1.54, 1.807) is 28.8 Å². The molecule has 0 radical (unpaired) electrons. The van der Waals surface area contributed by atoms with Crippen LogP contribution in [0.3, 0.4) is 0 Å². The molecule has 0 aliphatic carbocycles. The largest absolute Gasteiger partial charge is 0.492 e. The van der Waals surface area contributed by atoms with Crippen molar-refractivity contribution in [1.29, 1.82) is 0 Å². The van der Waals surface area contributed by atoms with Crippen LogP contribution in [0.4, 0.5) is 5.69 Å². The summed E-state index contributed by atoms with van der Waals surface area (Å²) in [6, 6.07) is 18.3. The Hall–Kier alpha value is -4.79. The van der Waals surface area contributed by atoms with Gasteiger partial charge >= 0.3 is 0 Å². The fraction of sp³-hybridized carbons (Fsp3) is 0.179. The Morgan fingerprint density at radius 1 is 1.03 bits per heavy atom. The number of para-hydroxylation sites is 2. The molecular weight excluding hydrogens is 470 g/mol. The lowest BCUT2D eigenvalue weighted by Gasteiger charge is -2.14. The number of carbonyl (C=O) groups is 1. The molecule has 0 aliphatic rings. The van der Waals surface area contributed by atoms with Crippen LogP contribution < -0.4 is 15.5 Å². The molecule has 0 spiro atoms. The highest BCUT2D eigenvalue weighted by molar-refractivity contribution is 5.93. The molecule has 1 N–H and O–H groups in total. The number of pyridine rings is 2. The molecule has 0 saturated heterocycles. The van der Waals surface area contributed by atoms with Crippen molar-refractivity contribution in [2.45, 2.75) is 27.3 Å². The molecule has 3 aromatic heterocycles. The normalized spacial score (nSPS) is 11.0. The molecule has 0 bridgehead atoms. The highest BCUT2D eigenvalue weighted by atomic mass is 16.5. The number of nitrogens with one attached hydrogen (secondary N) is 1. The maximum Gasteiger partial charge on any atom is 0.263 e. The summed E-state index contributed by atoms with van der Waals surface area (Å²) in [6.07, 6.45) is 1.54. The minimum absolute atomic E-state index is 0.0684. The quantitative estimate of drug-likeness (QED) is 0.346. The minimum Gasteiger partial charge on any atom is -0.492 e. The number of rotatable bonds is 7. The van der Waals surface area contributed by atoms with Gasteiger partial charge in [-0.05, 0) is 45.0 Å². The first-order valence-corrected chi connectivity index (χ1v) is 11.9. The van der Waals surface area contributed by atoms with E-state index in [9.17, 15) is 9.59 Å². The van der Waals surface area contributed by atoms with Crippen molar-refractivity contribution in [3.63, 3.8) is 0 Å². The number of benzene rings is 2. The summed E-state index contributed by atoms with van der Waals surface area (Å²) in [6.45, 7) is 6.07. The molecule has 5 aromatic rings. The highest BCUT2D eigenvalue weighted by Gasteiger charge is 2.19. The Kier molecular flexibility index (Phi) is 6.51. The van der Waals surface area contributed by atoms with Crippen LogP contribution >= 0.6 is 0 Å². The van der Waals surface area contributed by atoms with E-state index in [0.29, 0.717) is 34.9 Å². The first kappa shape index (κ1) is 23.9. The van der Waals surface area contributed by atoms with Gasteiger partial charge < -0.3 is 19.1 Å². The zero-order chi connectivity index (χ0) is 25.9. The number of aromatic nitrogens is 4. The predicted octanol–water partition coefficient (Wildman–Crippen LogP) is 4.77. The summed E-state index contributed by atoms with van der Waals surface area (Å²) in [7, 11) is 0. The highest BCUT2D eigenvalue weighted by Crippen LogP contribution is 2.25. The van der Waals surface area contributed by atoms with E-state index in [2.05, 4.69) is 20.4 Å². The van der Waals surface area contributed by atoms with Gasteiger partial charge in [-0.15, -0.1) is 0 Å². The zero-order valence-electron chi connectivity index (χ0n) is 20.7. The average Bonchev–Trinajstić information content (AvgIpc) is 3.37. The molecule has 9 heteroatoms. The standard InChI is InChI=1S/C28H25N5O4/c1-4-36-23-8-6-5-7-22(23)30-24(34)16-33-15-21(25(35)20-14-11-18(3)29-27(20)33)28-31-26(32-37-28)19-12-9-17(2)10-13-19/h5-15H,4,16H2,1-3H3,(H,30,34). The average molecular weight is 496 g/mol. The molecule has 1 amide bonds. The molecule has 3 heterocycles. The molecule has 0 unspecified atom stereocenters. The van der Waals surface area contributed by atoms with Gasteiger partial charge in [0.2, 0.25) is 17.2 Å². The number of amides is 1. The van der Waals surface area contributed by atoms with Crippen LogP contribution in [0.25, 0.3) is 33.9 Å². The Bertz CT molecular complexity index is 1650. The first-order chi connectivity index (χ1) is 17.9. The monoisotopic (exact) mass is 495 g/mol. The molecule has 5 rings (SSSR count). The van der Waals surface area contributed by atoms with Crippen LogP contribution in [0.15, 0.2) is 76.2 Å². The lowest BCUT2D eigenvalue weighted by Crippen LogP contribution is -2.22. The molecule has 9 nitrogen and oxygen atoms in total. The third kappa shape index (κ3) is 4.97. The van der Waals surface area contributed by atoms with Crippen molar-refractivity contribution in [2.75, 3.05) is 11.9 Å². The topological polar surface area (TPSA) is 112 Å². The van der Waals surface area contributed by atoms with Gasteiger partial charge in [-0.25, -0.2) is 4.98 Å². The number of anilines is 1. The van der Waals surface area contributed by atoms with E-state index in [1.807, 2.05) is 57.2 Å². The Labute approximate surface area is 212 Å². The maximum atomic E-state index is 13.4. The molecule has 0 fully saturated rings. The van der Waals surface area contributed by atoms with Crippen molar-refractivity contribution in [2.24, 2.45) is 0 Å². The number of hydrogen-bond donors (Lipinski definition) is 1. The number of nitrogens with zero attached hydrogens (tertiary/aromatic N) is 4. The minimum atomic E-state index is -0.308. The second kappa shape index (κ2) is 10.1. The lowest BCUT2D eigenvalue weighted by molar-refractivity contribution is -0.116. The second-order valence-electron chi connectivity index (χ2n) is 8.59. The Morgan fingerprint density at radius 2 is 1.81 bits per heavy atom. The molecule has 186 valence electrons. The number of ether oxygens (including phenoxy) is 1. The van der Waals surface area contributed by atoms with Crippen molar-refractivity contribution in [3.8, 4) is 28.6 Å². The lowest BCUT2D eigenvalue weighted by atomic mass is 10.1. The van der Waals surface area contributed by atoms with Crippen LogP contribution in [-0.2, 0) is 11.3 Å².